The molecule has 3 heteroatoms. The van der Waals surface area contributed by atoms with Crippen LogP contribution in [0.25, 0.3) is 0 Å². The summed E-state index contributed by atoms with van der Waals surface area (Å²) in [5.41, 5.74) is 11.7. The van der Waals surface area contributed by atoms with Gasteiger partial charge in [0.15, 0.2) is 0 Å². The van der Waals surface area contributed by atoms with E-state index in [4.69, 9.17) is 5.73 Å². The van der Waals surface area contributed by atoms with E-state index in [1.165, 1.54) is 21.7 Å². The highest BCUT2D eigenvalue weighted by Gasteiger charge is 2.11. The summed E-state index contributed by atoms with van der Waals surface area (Å²) in [4.78, 5) is 5.68. The van der Waals surface area contributed by atoms with Crippen molar-refractivity contribution < 1.29 is 0 Å². The highest BCUT2D eigenvalue weighted by Crippen LogP contribution is 2.24. The minimum atomic E-state index is 0.450. The summed E-state index contributed by atoms with van der Waals surface area (Å²) in [5, 5.41) is 0. The van der Waals surface area contributed by atoms with Crippen LogP contribution in [0.3, 0.4) is 0 Å². The molecule has 2 rings (SSSR count). The van der Waals surface area contributed by atoms with Gasteiger partial charge in [-0.15, -0.1) is 11.3 Å². The summed E-state index contributed by atoms with van der Waals surface area (Å²) in [5.74, 6) is 0.450. The largest absolute Gasteiger partial charge is 0.330 e. The first-order chi connectivity index (χ1) is 8.70. The fourth-order valence-corrected chi connectivity index (χ4v) is 3.01. The second-order valence-electron chi connectivity index (χ2n) is 4.75. The monoisotopic (exact) mass is 260 g/mol. The van der Waals surface area contributed by atoms with Crippen molar-refractivity contribution in [2.75, 3.05) is 6.54 Å². The van der Waals surface area contributed by atoms with Crippen molar-refractivity contribution in [3.8, 4) is 0 Å². The molecule has 0 aliphatic carbocycles. The molecule has 2 aromatic rings. The van der Waals surface area contributed by atoms with E-state index in [-0.39, 0.29) is 0 Å². The van der Waals surface area contributed by atoms with Gasteiger partial charge in [0.05, 0.1) is 11.2 Å². The van der Waals surface area contributed by atoms with Gasteiger partial charge in [-0.2, -0.15) is 0 Å². The maximum Gasteiger partial charge on any atom is 0.0797 e. The van der Waals surface area contributed by atoms with E-state index in [1.54, 1.807) is 11.3 Å². The Morgan fingerprint density at radius 2 is 2.17 bits per heavy atom. The number of rotatable bonds is 5. The van der Waals surface area contributed by atoms with Crippen LogP contribution in [0.2, 0.25) is 0 Å². The third-order valence-electron chi connectivity index (χ3n) is 3.36. The summed E-state index contributed by atoms with van der Waals surface area (Å²) in [7, 11) is 0. The maximum absolute atomic E-state index is 5.92. The van der Waals surface area contributed by atoms with Crippen molar-refractivity contribution in [2.24, 2.45) is 5.73 Å². The summed E-state index contributed by atoms with van der Waals surface area (Å²) in [6.45, 7) is 4.92. The molecule has 0 bridgehead atoms. The van der Waals surface area contributed by atoms with Crippen LogP contribution in [0.15, 0.2) is 29.8 Å². The third kappa shape index (κ3) is 3.18. The molecule has 0 amide bonds. The molecular formula is C15H20N2S. The number of thiazole rings is 1. The molecule has 0 radical (unpaired) electrons. The number of hydrogen-bond donors (Lipinski definition) is 1. The van der Waals surface area contributed by atoms with Gasteiger partial charge in [0.2, 0.25) is 0 Å². The number of nitrogens with two attached hydrogens (primary N) is 1. The lowest BCUT2D eigenvalue weighted by Gasteiger charge is -2.15. The van der Waals surface area contributed by atoms with Gasteiger partial charge < -0.3 is 5.73 Å². The van der Waals surface area contributed by atoms with Crippen LogP contribution in [-0.4, -0.2) is 11.5 Å². The average molecular weight is 260 g/mol. The lowest BCUT2D eigenvalue weighted by molar-refractivity contribution is 0.635. The molecule has 0 saturated carbocycles. The Kier molecular flexibility index (Phi) is 4.50. The van der Waals surface area contributed by atoms with Crippen molar-refractivity contribution in [3.05, 3.63) is 51.5 Å². The van der Waals surface area contributed by atoms with Gasteiger partial charge >= 0.3 is 0 Å². The Morgan fingerprint density at radius 3 is 2.78 bits per heavy atom. The molecular weight excluding hydrogens is 240 g/mol. The zero-order valence-corrected chi connectivity index (χ0v) is 11.8. The van der Waals surface area contributed by atoms with Crippen molar-refractivity contribution in [2.45, 2.75) is 32.6 Å². The van der Waals surface area contributed by atoms with Crippen LogP contribution in [0.4, 0.5) is 0 Å². The summed E-state index contributed by atoms with van der Waals surface area (Å²) < 4.78 is 0. The Bertz CT molecular complexity index is 505. The minimum absolute atomic E-state index is 0.450. The van der Waals surface area contributed by atoms with E-state index >= 15 is 0 Å². The molecule has 2 N–H and O–H groups in total. The van der Waals surface area contributed by atoms with Crippen molar-refractivity contribution in [1.82, 2.24) is 4.98 Å². The number of hydrogen-bond acceptors (Lipinski definition) is 3. The minimum Gasteiger partial charge on any atom is -0.330 e. The summed E-state index contributed by atoms with van der Waals surface area (Å²) >= 11 is 1.75. The smallest absolute Gasteiger partial charge is 0.0797 e. The molecule has 0 saturated heterocycles. The highest BCUT2D eigenvalue weighted by molar-refractivity contribution is 7.09. The first-order valence-corrected chi connectivity index (χ1v) is 7.24. The van der Waals surface area contributed by atoms with Gasteiger partial charge in [-0.25, -0.2) is 4.98 Å². The van der Waals surface area contributed by atoms with Gasteiger partial charge in [-0.3, -0.25) is 0 Å². The van der Waals surface area contributed by atoms with Gasteiger partial charge in [0, 0.05) is 4.88 Å². The van der Waals surface area contributed by atoms with Gasteiger partial charge in [-0.05, 0) is 44.7 Å². The predicted octanol–water partition coefficient (Wildman–Crippen LogP) is 3.44. The lowest BCUT2D eigenvalue weighted by Crippen LogP contribution is -2.13. The van der Waals surface area contributed by atoms with Gasteiger partial charge in [0.25, 0.3) is 0 Å². The molecule has 2 nitrogen and oxygen atoms in total. The quantitative estimate of drug-likeness (QED) is 0.894. The van der Waals surface area contributed by atoms with E-state index < -0.39 is 0 Å². The first-order valence-electron chi connectivity index (χ1n) is 6.36. The number of nitrogens with zero attached hydrogens (tertiary/aromatic N) is 1. The summed E-state index contributed by atoms with van der Waals surface area (Å²) in [6, 6.07) is 8.68. The molecule has 0 aliphatic rings. The second-order valence-corrected chi connectivity index (χ2v) is 5.69. The lowest BCUT2D eigenvalue weighted by atomic mass is 9.93. The normalized spacial score (nSPS) is 12.6. The van der Waals surface area contributed by atoms with E-state index in [1.807, 2.05) is 5.51 Å². The van der Waals surface area contributed by atoms with E-state index in [9.17, 15) is 0 Å². The Balaban J connectivity index is 2.04. The van der Waals surface area contributed by atoms with Crippen LogP contribution in [0.5, 0.6) is 0 Å². The molecule has 0 spiro atoms. The third-order valence-corrected chi connectivity index (χ3v) is 4.36. The van der Waals surface area contributed by atoms with E-state index in [0.29, 0.717) is 12.5 Å². The fraction of sp³-hybridized carbons (Fsp3) is 0.400. The van der Waals surface area contributed by atoms with Gasteiger partial charge in [0.1, 0.15) is 0 Å². The maximum atomic E-state index is 5.92. The van der Waals surface area contributed by atoms with Crippen molar-refractivity contribution in [3.63, 3.8) is 0 Å². The van der Waals surface area contributed by atoms with Crippen LogP contribution in [-0.2, 0) is 6.42 Å². The summed E-state index contributed by atoms with van der Waals surface area (Å²) in [6.07, 6.45) is 2.18. The van der Waals surface area contributed by atoms with Gasteiger partial charge in [-0.1, -0.05) is 29.8 Å². The molecule has 1 heterocycles. The zero-order valence-electron chi connectivity index (χ0n) is 11.0. The highest BCUT2D eigenvalue weighted by atomic mass is 32.1. The predicted molar refractivity (Wildman–Crippen MR) is 78.1 cm³/mol. The molecule has 96 valence electrons. The topological polar surface area (TPSA) is 38.9 Å². The molecule has 1 aromatic heterocycles. The van der Waals surface area contributed by atoms with Crippen LogP contribution < -0.4 is 5.73 Å². The average Bonchev–Trinajstić information content (AvgIpc) is 2.76. The Hall–Kier alpha value is -1.19. The second kappa shape index (κ2) is 6.12. The van der Waals surface area contributed by atoms with E-state index in [0.717, 1.165) is 12.8 Å². The molecule has 1 aromatic carbocycles. The molecule has 18 heavy (non-hydrogen) atoms. The number of benzene rings is 1. The standard InChI is InChI=1S/C15H20N2S/c1-11-4-3-5-13(8-11)14(9-16)6-7-15-12(2)17-10-18-15/h3-5,8,10,14H,6-7,9,16H2,1-2H3. The first kappa shape index (κ1) is 13.2. The zero-order chi connectivity index (χ0) is 13.0. The number of aryl methyl sites for hydroxylation is 3. The molecule has 0 fully saturated rings. The number of aromatic nitrogens is 1. The van der Waals surface area contributed by atoms with Crippen LogP contribution in [0, 0.1) is 13.8 Å². The Labute approximate surface area is 113 Å². The van der Waals surface area contributed by atoms with Crippen molar-refractivity contribution >= 4 is 11.3 Å². The van der Waals surface area contributed by atoms with Crippen molar-refractivity contribution in [1.29, 1.82) is 0 Å². The Morgan fingerprint density at radius 1 is 1.33 bits per heavy atom. The SMILES string of the molecule is Cc1cccc(C(CN)CCc2scnc2C)c1. The van der Waals surface area contributed by atoms with Crippen LogP contribution >= 0.6 is 11.3 Å². The molecule has 0 aliphatic heterocycles. The molecule has 1 unspecified atom stereocenters. The molecule has 1 atom stereocenters. The van der Waals surface area contributed by atoms with Crippen LogP contribution in [0.1, 0.15) is 34.0 Å². The fourth-order valence-electron chi connectivity index (χ4n) is 2.22. The van der Waals surface area contributed by atoms with E-state index in [2.05, 4.69) is 43.1 Å².